The minimum Gasteiger partial charge on any atom is -0.253 e. The molecule has 0 atom stereocenters. The number of fused-ring (bicyclic) bond motifs is 3. The molecular formula is C30H22N2O2S. The SMILES string of the molecule is Cc1ccc(S(=O)(=O)n2c3ccccc3c3ncc(-c4ccccc4)c(-c4ccccc4)c32)cc1. The van der Waals surface area contributed by atoms with Crippen LogP contribution in [0.4, 0.5) is 0 Å². The lowest BCUT2D eigenvalue weighted by molar-refractivity contribution is 0.590. The molecule has 0 unspecified atom stereocenters. The maximum atomic E-state index is 14.2. The molecule has 0 aliphatic rings. The van der Waals surface area contributed by atoms with Gasteiger partial charge in [-0.3, -0.25) is 4.98 Å². The molecular weight excluding hydrogens is 452 g/mol. The monoisotopic (exact) mass is 474 g/mol. The van der Waals surface area contributed by atoms with E-state index in [2.05, 4.69) is 0 Å². The lowest BCUT2D eigenvalue weighted by Crippen LogP contribution is -2.13. The van der Waals surface area contributed by atoms with Crippen LogP contribution in [0.3, 0.4) is 0 Å². The molecule has 0 N–H and O–H groups in total. The number of hydrogen-bond donors (Lipinski definition) is 0. The lowest BCUT2D eigenvalue weighted by atomic mass is 9.95. The van der Waals surface area contributed by atoms with Gasteiger partial charge < -0.3 is 0 Å². The quantitative estimate of drug-likeness (QED) is 0.275. The third-order valence-electron chi connectivity index (χ3n) is 6.34. The van der Waals surface area contributed by atoms with Crippen LogP contribution < -0.4 is 0 Å². The standard InChI is InChI=1S/C30H22N2O2S/c1-21-16-18-24(19-17-21)35(33,34)32-27-15-9-8-14-25(27)29-30(32)28(23-12-6-3-7-13-23)26(20-31-29)22-10-4-2-5-11-22/h2-20H,1H3. The van der Waals surface area contributed by atoms with Crippen molar-refractivity contribution in [2.45, 2.75) is 11.8 Å². The van der Waals surface area contributed by atoms with Crippen molar-refractivity contribution in [3.05, 3.63) is 121 Å². The first-order chi connectivity index (χ1) is 17.1. The second kappa shape index (κ2) is 8.22. The molecule has 170 valence electrons. The van der Waals surface area contributed by atoms with Gasteiger partial charge >= 0.3 is 0 Å². The fraction of sp³-hybridized carbons (Fsp3) is 0.0333. The van der Waals surface area contributed by atoms with Crippen LogP contribution in [0.1, 0.15) is 5.56 Å². The van der Waals surface area contributed by atoms with Crippen molar-refractivity contribution in [3.8, 4) is 22.3 Å². The van der Waals surface area contributed by atoms with E-state index in [0.29, 0.717) is 16.6 Å². The van der Waals surface area contributed by atoms with Crippen LogP contribution in [-0.4, -0.2) is 17.4 Å². The van der Waals surface area contributed by atoms with Gasteiger partial charge in [0.1, 0.15) is 0 Å². The van der Waals surface area contributed by atoms with Crippen molar-refractivity contribution in [1.29, 1.82) is 0 Å². The molecule has 4 aromatic carbocycles. The van der Waals surface area contributed by atoms with Crippen molar-refractivity contribution in [2.75, 3.05) is 0 Å². The Labute approximate surface area is 204 Å². The van der Waals surface area contributed by atoms with Crippen molar-refractivity contribution in [2.24, 2.45) is 0 Å². The number of aryl methyl sites for hydroxylation is 1. The van der Waals surface area contributed by atoms with E-state index in [9.17, 15) is 8.42 Å². The van der Waals surface area contributed by atoms with Gasteiger partial charge in [0.25, 0.3) is 10.0 Å². The molecule has 2 aromatic heterocycles. The highest BCUT2D eigenvalue weighted by atomic mass is 32.2. The first-order valence-corrected chi connectivity index (χ1v) is 12.8. The summed E-state index contributed by atoms with van der Waals surface area (Å²) >= 11 is 0. The minimum absolute atomic E-state index is 0.245. The molecule has 0 bridgehead atoms. The van der Waals surface area contributed by atoms with Gasteiger partial charge in [0.15, 0.2) is 0 Å². The predicted octanol–water partition coefficient (Wildman–Crippen LogP) is 7.07. The zero-order valence-electron chi connectivity index (χ0n) is 19.1. The molecule has 2 heterocycles. The number of nitrogens with zero attached hydrogens (tertiary/aromatic N) is 2. The first kappa shape index (κ1) is 21.3. The van der Waals surface area contributed by atoms with Crippen molar-refractivity contribution < 1.29 is 8.42 Å². The molecule has 0 saturated carbocycles. The summed E-state index contributed by atoms with van der Waals surface area (Å²) in [6.07, 6.45) is 1.86. The lowest BCUT2D eigenvalue weighted by Gasteiger charge is -2.15. The van der Waals surface area contributed by atoms with E-state index in [0.717, 1.165) is 33.2 Å². The van der Waals surface area contributed by atoms with E-state index >= 15 is 0 Å². The average Bonchev–Trinajstić information content (AvgIpc) is 3.25. The minimum atomic E-state index is -3.92. The number of hydrogen-bond acceptors (Lipinski definition) is 3. The summed E-state index contributed by atoms with van der Waals surface area (Å²) in [5, 5.41) is 0.801. The number of rotatable bonds is 4. The largest absolute Gasteiger partial charge is 0.268 e. The van der Waals surface area contributed by atoms with Gasteiger partial charge in [-0.05, 0) is 36.2 Å². The second-order valence-corrected chi connectivity index (χ2v) is 10.4. The van der Waals surface area contributed by atoms with Gasteiger partial charge in [0.05, 0.1) is 21.4 Å². The van der Waals surface area contributed by atoms with Gasteiger partial charge in [-0.2, -0.15) is 0 Å². The van der Waals surface area contributed by atoms with Crippen LogP contribution in [0.2, 0.25) is 0 Å². The van der Waals surface area contributed by atoms with Crippen LogP contribution in [0, 0.1) is 6.92 Å². The Balaban J connectivity index is 1.82. The summed E-state index contributed by atoms with van der Waals surface area (Å²) in [4.78, 5) is 5.07. The zero-order chi connectivity index (χ0) is 24.0. The molecule has 0 fully saturated rings. The molecule has 0 aliphatic heterocycles. The average molecular weight is 475 g/mol. The topological polar surface area (TPSA) is 52.0 Å². The molecule has 4 nitrogen and oxygen atoms in total. The summed E-state index contributed by atoms with van der Waals surface area (Å²) in [6, 6.07) is 34.5. The molecule has 35 heavy (non-hydrogen) atoms. The van der Waals surface area contributed by atoms with Crippen LogP contribution in [0.5, 0.6) is 0 Å². The van der Waals surface area contributed by atoms with Crippen LogP contribution in [0.15, 0.2) is 120 Å². The van der Waals surface area contributed by atoms with E-state index < -0.39 is 10.0 Å². The first-order valence-electron chi connectivity index (χ1n) is 11.4. The fourth-order valence-corrected chi connectivity index (χ4v) is 6.19. The third-order valence-corrected chi connectivity index (χ3v) is 8.07. The Morgan fingerprint density at radius 3 is 1.97 bits per heavy atom. The van der Waals surface area contributed by atoms with E-state index in [1.165, 1.54) is 3.97 Å². The van der Waals surface area contributed by atoms with E-state index in [1.54, 1.807) is 12.1 Å². The highest BCUT2D eigenvalue weighted by Crippen LogP contribution is 2.42. The van der Waals surface area contributed by atoms with E-state index in [-0.39, 0.29) is 4.90 Å². The summed E-state index contributed by atoms with van der Waals surface area (Å²) in [6.45, 7) is 1.94. The van der Waals surface area contributed by atoms with Crippen molar-refractivity contribution in [3.63, 3.8) is 0 Å². The Hall–Kier alpha value is -4.22. The van der Waals surface area contributed by atoms with Crippen LogP contribution in [0.25, 0.3) is 44.2 Å². The number of benzene rings is 4. The Morgan fingerprint density at radius 2 is 1.29 bits per heavy atom. The molecule has 6 aromatic rings. The molecule has 0 amide bonds. The normalized spacial score (nSPS) is 11.8. The van der Waals surface area contributed by atoms with Crippen molar-refractivity contribution >= 4 is 32.0 Å². The molecule has 0 spiro atoms. The van der Waals surface area contributed by atoms with Crippen LogP contribution in [-0.2, 0) is 10.0 Å². The van der Waals surface area contributed by atoms with E-state index in [4.69, 9.17) is 4.98 Å². The fourth-order valence-electron chi connectivity index (χ4n) is 4.67. The highest BCUT2D eigenvalue weighted by molar-refractivity contribution is 7.90. The van der Waals surface area contributed by atoms with Gasteiger partial charge in [-0.15, -0.1) is 0 Å². The van der Waals surface area contributed by atoms with E-state index in [1.807, 2.05) is 110 Å². The highest BCUT2D eigenvalue weighted by Gasteiger charge is 2.27. The number of para-hydroxylation sites is 1. The third kappa shape index (κ3) is 3.44. The Kier molecular flexibility index (Phi) is 5.01. The maximum Gasteiger partial charge on any atom is 0.268 e. The summed E-state index contributed by atoms with van der Waals surface area (Å²) < 4.78 is 29.9. The molecule has 0 aliphatic carbocycles. The van der Waals surface area contributed by atoms with Gasteiger partial charge in [0, 0.05) is 22.7 Å². The summed E-state index contributed by atoms with van der Waals surface area (Å²) in [7, 11) is -3.92. The van der Waals surface area contributed by atoms with Crippen LogP contribution >= 0.6 is 0 Å². The molecule has 0 saturated heterocycles. The zero-order valence-corrected chi connectivity index (χ0v) is 19.9. The Bertz CT molecular complexity index is 1790. The Morgan fingerprint density at radius 1 is 0.686 bits per heavy atom. The number of aromatic nitrogens is 2. The van der Waals surface area contributed by atoms with Gasteiger partial charge in [0.2, 0.25) is 0 Å². The maximum absolute atomic E-state index is 14.2. The molecule has 0 radical (unpaired) electrons. The second-order valence-electron chi connectivity index (χ2n) is 8.58. The summed E-state index contributed by atoms with van der Waals surface area (Å²) in [5.41, 5.74) is 6.49. The van der Waals surface area contributed by atoms with Gasteiger partial charge in [-0.25, -0.2) is 12.4 Å². The molecule has 5 heteroatoms. The molecule has 6 rings (SSSR count). The number of pyridine rings is 1. The predicted molar refractivity (Wildman–Crippen MR) is 142 cm³/mol. The summed E-state index contributed by atoms with van der Waals surface area (Å²) in [5.74, 6) is 0. The smallest absolute Gasteiger partial charge is 0.253 e. The van der Waals surface area contributed by atoms with Gasteiger partial charge in [-0.1, -0.05) is 96.6 Å². The van der Waals surface area contributed by atoms with Crippen molar-refractivity contribution in [1.82, 2.24) is 8.96 Å².